The molecule has 1 unspecified atom stereocenters. The maximum atomic E-state index is 12.2. The van der Waals surface area contributed by atoms with E-state index in [1.165, 1.54) is 6.92 Å². The van der Waals surface area contributed by atoms with Crippen LogP contribution in [-0.2, 0) is 14.8 Å². The molecule has 1 aliphatic rings. The summed E-state index contributed by atoms with van der Waals surface area (Å²) in [4.78, 5) is 11.6. The number of sulfonamides is 1. The molecule has 1 fully saturated rings. The van der Waals surface area contributed by atoms with Crippen molar-refractivity contribution in [1.29, 1.82) is 0 Å². The lowest BCUT2D eigenvalue weighted by molar-refractivity contribution is 0.0507. The lowest BCUT2D eigenvalue weighted by Gasteiger charge is -2.27. The van der Waals surface area contributed by atoms with E-state index >= 15 is 0 Å². The van der Waals surface area contributed by atoms with Crippen molar-refractivity contribution in [2.75, 3.05) is 13.1 Å². The molecule has 8 nitrogen and oxygen atoms in total. The van der Waals surface area contributed by atoms with E-state index in [2.05, 4.69) is 5.32 Å². The fourth-order valence-corrected chi connectivity index (χ4v) is 3.48. The van der Waals surface area contributed by atoms with Gasteiger partial charge in [-0.15, -0.1) is 0 Å². The summed E-state index contributed by atoms with van der Waals surface area (Å²) in [6.07, 6.45) is -0.265. The highest BCUT2D eigenvalue weighted by molar-refractivity contribution is 7.90. The second kappa shape index (κ2) is 6.07. The van der Waals surface area contributed by atoms with Crippen LogP contribution < -0.4 is 11.1 Å². The molecule has 4 N–H and O–H groups in total. The standard InChI is InChI=1S/C12H25N3O5S/c1-5-12(13,17)21(18,19)15-7-6-9(8-15)14-10(16)20-11(2,3)4/h9,17H,5-8,13H2,1-4H3,(H,14,16)/t9-,12?/m0/s1. The Hall–Kier alpha value is -0.900. The first-order valence-electron chi connectivity index (χ1n) is 6.89. The minimum absolute atomic E-state index is 0.0705. The molecule has 0 aromatic heterocycles. The molecule has 1 rings (SSSR count). The zero-order valence-corrected chi connectivity index (χ0v) is 13.7. The van der Waals surface area contributed by atoms with Crippen molar-refractivity contribution < 1.29 is 23.1 Å². The van der Waals surface area contributed by atoms with Crippen LogP contribution in [0.5, 0.6) is 0 Å². The van der Waals surface area contributed by atoms with E-state index in [-0.39, 0.29) is 25.6 Å². The number of alkyl carbamates (subject to hydrolysis) is 1. The monoisotopic (exact) mass is 323 g/mol. The lowest BCUT2D eigenvalue weighted by atomic mass is 10.2. The fourth-order valence-electron chi connectivity index (χ4n) is 1.94. The van der Waals surface area contributed by atoms with Gasteiger partial charge in [0.2, 0.25) is 5.06 Å². The van der Waals surface area contributed by atoms with Gasteiger partial charge >= 0.3 is 6.09 Å². The van der Waals surface area contributed by atoms with Crippen LogP contribution >= 0.6 is 0 Å². The summed E-state index contributed by atoms with van der Waals surface area (Å²) in [5.74, 6) is 0. The van der Waals surface area contributed by atoms with E-state index in [4.69, 9.17) is 10.5 Å². The van der Waals surface area contributed by atoms with Crippen molar-refractivity contribution >= 4 is 16.1 Å². The Balaban J connectivity index is 2.63. The van der Waals surface area contributed by atoms with Gasteiger partial charge in [0.1, 0.15) is 5.60 Å². The molecule has 0 aromatic rings. The molecular weight excluding hydrogens is 298 g/mol. The highest BCUT2D eigenvalue weighted by Crippen LogP contribution is 2.22. The Morgan fingerprint density at radius 1 is 1.48 bits per heavy atom. The average Bonchev–Trinajstić information content (AvgIpc) is 2.75. The highest BCUT2D eigenvalue weighted by Gasteiger charge is 2.44. The molecule has 1 heterocycles. The summed E-state index contributed by atoms with van der Waals surface area (Å²) in [5, 5.41) is 10.1. The third kappa shape index (κ3) is 4.53. The Kier molecular flexibility index (Phi) is 5.25. The number of nitrogens with two attached hydrogens (primary N) is 1. The normalized spacial score (nSPS) is 23.6. The van der Waals surface area contributed by atoms with Gasteiger partial charge in [-0.25, -0.2) is 13.2 Å². The Labute approximate surface area is 125 Å². The van der Waals surface area contributed by atoms with Crippen LogP contribution in [0.3, 0.4) is 0 Å². The first kappa shape index (κ1) is 18.1. The minimum Gasteiger partial charge on any atom is -0.444 e. The predicted molar refractivity (Wildman–Crippen MR) is 77.7 cm³/mol. The number of nitrogens with zero attached hydrogens (tertiary/aromatic N) is 1. The number of hydrogen-bond donors (Lipinski definition) is 3. The van der Waals surface area contributed by atoms with E-state index in [9.17, 15) is 18.3 Å². The number of amides is 1. The number of aliphatic hydroxyl groups is 1. The van der Waals surface area contributed by atoms with Crippen LogP contribution in [0.1, 0.15) is 40.5 Å². The van der Waals surface area contributed by atoms with Crippen molar-refractivity contribution in [2.24, 2.45) is 5.73 Å². The van der Waals surface area contributed by atoms with Gasteiger partial charge in [-0.1, -0.05) is 6.92 Å². The fraction of sp³-hybridized carbons (Fsp3) is 0.917. The third-order valence-corrected chi connectivity index (χ3v) is 5.36. The molecule has 0 aromatic carbocycles. The number of rotatable bonds is 4. The van der Waals surface area contributed by atoms with Gasteiger partial charge < -0.3 is 15.2 Å². The molecule has 1 amide bonds. The summed E-state index contributed by atoms with van der Waals surface area (Å²) >= 11 is 0. The predicted octanol–water partition coefficient (Wildman–Crippen LogP) is -0.0700. The topological polar surface area (TPSA) is 122 Å². The van der Waals surface area contributed by atoms with E-state index in [0.717, 1.165) is 4.31 Å². The first-order valence-corrected chi connectivity index (χ1v) is 8.33. The molecule has 0 radical (unpaired) electrons. The van der Waals surface area contributed by atoms with Crippen LogP contribution in [0.4, 0.5) is 4.79 Å². The first-order chi connectivity index (χ1) is 9.39. The number of nitrogens with one attached hydrogen (secondary N) is 1. The maximum absolute atomic E-state index is 12.2. The van der Waals surface area contributed by atoms with Crippen LogP contribution in [0.15, 0.2) is 0 Å². The molecule has 0 bridgehead atoms. The van der Waals surface area contributed by atoms with E-state index in [1.54, 1.807) is 20.8 Å². The highest BCUT2D eigenvalue weighted by atomic mass is 32.2. The van der Waals surface area contributed by atoms with Gasteiger partial charge in [-0.2, -0.15) is 4.31 Å². The molecule has 21 heavy (non-hydrogen) atoms. The van der Waals surface area contributed by atoms with Gasteiger partial charge in [0, 0.05) is 25.6 Å². The van der Waals surface area contributed by atoms with Crippen LogP contribution in [0.25, 0.3) is 0 Å². The van der Waals surface area contributed by atoms with Crippen molar-refractivity contribution in [3.05, 3.63) is 0 Å². The summed E-state index contributed by atoms with van der Waals surface area (Å²) in [6, 6.07) is -0.359. The molecule has 0 aliphatic carbocycles. The zero-order valence-electron chi connectivity index (χ0n) is 12.9. The van der Waals surface area contributed by atoms with Gasteiger partial charge in [-0.05, 0) is 27.2 Å². The van der Waals surface area contributed by atoms with Gasteiger partial charge in [0.05, 0.1) is 0 Å². The molecule has 2 atom stereocenters. The van der Waals surface area contributed by atoms with E-state index < -0.39 is 26.8 Å². The zero-order chi connectivity index (χ0) is 16.5. The Morgan fingerprint density at radius 3 is 2.52 bits per heavy atom. The van der Waals surface area contributed by atoms with Crippen LogP contribution in [0.2, 0.25) is 0 Å². The SMILES string of the molecule is CCC(N)(O)S(=O)(=O)N1CC[C@H](NC(=O)OC(C)(C)C)C1. The number of carbonyl (C=O) groups is 1. The molecule has 0 saturated carbocycles. The second-order valence-corrected chi connectivity index (χ2v) is 8.37. The molecular formula is C12H25N3O5S. The Morgan fingerprint density at radius 2 is 2.05 bits per heavy atom. The molecule has 0 spiro atoms. The summed E-state index contributed by atoms with van der Waals surface area (Å²) in [7, 11) is -4.02. The summed E-state index contributed by atoms with van der Waals surface area (Å²) < 4.78 is 30.5. The molecule has 124 valence electrons. The lowest BCUT2D eigenvalue weighted by Crippen LogP contribution is -2.54. The van der Waals surface area contributed by atoms with Crippen molar-refractivity contribution in [2.45, 2.75) is 57.2 Å². The van der Waals surface area contributed by atoms with E-state index in [0.29, 0.717) is 6.42 Å². The van der Waals surface area contributed by atoms with Crippen LogP contribution in [-0.4, -0.2) is 53.7 Å². The van der Waals surface area contributed by atoms with E-state index in [1.807, 2.05) is 0 Å². The molecule has 9 heteroatoms. The smallest absolute Gasteiger partial charge is 0.407 e. The minimum atomic E-state index is -4.02. The number of hydrogen-bond acceptors (Lipinski definition) is 6. The third-order valence-electron chi connectivity index (χ3n) is 3.17. The van der Waals surface area contributed by atoms with Gasteiger partial charge in [-0.3, -0.25) is 5.73 Å². The second-order valence-electron chi connectivity index (χ2n) is 6.19. The molecule has 1 saturated heterocycles. The largest absolute Gasteiger partial charge is 0.444 e. The number of carbonyl (C=O) groups excluding carboxylic acids is 1. The summed E-state index contributed by atoms with van der Waals surface area (Å²) in [6.45, 7) is 6.99. The average molecular weight is 323 g/mol. The quantitative estimate of drug-likeness (QED) is 0.623. The summed E-state index contributed by atoms with van der Waals surface area (Å²) in [5.41, 5.74) is 4.80. The maximum Gasteiger partial charge on any atom is 0.407 e. The number of ether oxygens (including phenoxy) is 1. The van der Waals surface area contributed by atoms with Crippen molar-refractivity contribution in [3.63, 3.8) is 0 Å². The van der Waals surface area contributed by atoms with Crippen molar-refractivity contribution in [3.8, 4) is 0 Å². The van der Waals surface area contributed by atoms with Gasteiger partial charge in [0.15, 0.2) is 0 Å². The van der Waals surface area contributed by atoms with Crippen LogP contribution in [0, 0.1) is 0 Å². The molecule has 1 aliphatic heterocycles. The Bertz CT molecular complexity index is 484. The van der Waals surface area contributed by atoms with Crippen molar-refractivity contribution in [1.82, 2.24) is 9.62 Å². The van der Waals surface area contributed by atoms with Gasteiger partial charge in [0.25, 0.3) is 10.0 Å².